The molecule has 0 bridgehead atoms. The van der Waals surface area contributed by atoms with Crippen molar-refractivity contribution >= 4 is 50.7 Å². The highest BCUT2D eigenvalue weighted by Gasteiger charge is 2.11. The van der Waals surface area contributed by atoms with Gasteiger partial charge >= 0.3 is 0 Å². The minimum atomic E-state index is 0.648. The number of aryl methyl sites for hydroxylation is 1. The van der Waals surface area contributed by atoms with Gasteiger partial charge in [-0.2, -0.15) is 0 Å². The van der Waals surface area contributed by atoms with Crippen LogP contribution in [-0.2, 0) is 12.8 Å². The first-order valence-electron chi connectivity index (χ1n) is 5.78. The molecule has 18 heavy (non-hydrogen) atoms. The lowest BCUT2D eigenvalue weighted by molar-refractivity contribution is 0.879. The predicted octanol–water partition coefficient (Wildman–Crippen LogP) is 4.53. The van der Waals surface area contributed by atoms with Crippen LogP contribution < -0.4 is 5.73 Å². The van der Waals surface area contributed by atoms with E-state index in [1.165, 1.54) is 4.88 Å². The molecule has 0 aliphatic rings. The van der Waals surface area contributed by atoms with Crippen molar-refractivity contribution in [3.8, 4) is 0 Å². The molecule has 2 aromatic rings. The van der Waals surface area contributed by atoms with Gasteiger partial charge in [-0.15, -0.1) is 11.3 Å². The highest BCUT2D eigenvalue weighted by Crippen LogP contribution is 2.28. The largest absolute Gasteiger partial charge is 0.375 e. The molecule has 0 amide bonds. The lowest BCUT2D eigenvalue weighted by atomic mass is 10.1. The highest BCUT2D eigenvalue weighted by molar-refractivity contribution is 14.1. The highest BCUT2D eigenvalue weighted by atomic mass is 127. The van der Waals surface area contributed by atoms with Gasteiger partial charge in [0.1, 0.15) is 0 Å². The molecule has 0 atom stereocenters. The van der Waals surface area contributed by atoms with Crippen LogP contribution in [0.25, 0.3) is 0 Å². The molecule has 2 nitrogen and oxygen atoms in total. The predicted molar refractivity (Wildman–Crippen MR) is 87.5 cm³/mol. The van der Waals surface area contributed by atoms with Gasteiger partial charge in [-0.05, 0) is 46.7 Å². The summed E-state index contributed by atoms with van der Waals surface area (Å²) >= 11 is 10.1. The fourth-order valence-electron chi connectivity index (χ4n) is 1.81. The van der Waals surface area contributed by atoms with Gasteiger partial charge in [0, 0.05) is 19.9 Å². The van der Waals surface area contributed by atoms with Crippen molar-refractivity contribution in [1.82, 2.24) is 4.98 Å². The quantitative estimate of drug-likeness (QED) is 0.777. The number of aromatic nitrogens is 1. The van der Waals surface area contributed by atoms with Crippen molar-refractivity contribution in [3.63, 3.8) is 0 Å². The molecule has 1 aromatic heterocycles. The van der Waals surface area contributed by atoms with Crippen LogP contribution in [0.5, 0.6) is 0 Å². The van der Waals surface area contributed by atoms with E-state index in [0.717, 1.165) is 39.1 Å². The summed E-state index contributed by atoms with van der Waals surface area (Å²) in [5.74, 6) is 0. The molecule has 1 aromatic carbocycles. The number of hydrogen-bond acceptors (Lipinski definition) is 3. The number of thiazole rings is 1. The molecule has 2 N–H and O–H groups in total. The molecule has 0 unspecified atom stereocenters. The summed E-state index contributed by atoms with van der Waals surface area (Å²) < 4.78 is 1.15. The summed E-state index contributed by atoms with van der Waals surface area (Å²) in [6.45, 7) is 2.15. The number of nitrogens with two attached hydrogens (primary N) is 1. The number of hydrogen-bond donors (Lipinski definition) is 1. The maximum atomic E-state index is 6.26. The van der Waals surface area contributed by atoms with Crippen LogP contribution in [0, 0.1) is 3.57 Å². The van der Waals surface area contributed by atoms with Gasteiger partial charge in [0.2, 0.25) is 0 Å². The van der Waals surface area contributed by atoms with Crippen LogP contribution >= 0.6 is 45.5 Å². The molecule has 0 aliphatic carbocycles. The Morgan fingerprint density at radius 3 is 2.89 bits per heavy atom. The fourth-order valence-corrected chi connectivity index (χ4v) is 3.64. The Kier molecular flexibility index (Phi) is 4.86. The molecule has 2 rings (SSSR count). The van der Waals surface area contributed by atoms with Crippen molar-refractivity contribution in [2.75, 3.05) is 5.73 Å². The van der Waals surface area contributed by atoms with Crippen LogP contribution in [0.3, 0.4) is 0 Å². The van der Waals surface area contributed by atoms with Gasteiger partial charge in [0.05, 0.1) is 5.69 Å². The van der Waals surface area contributed by atoms with Gasteiger partial charge in [0.15, 0.2) is 5.13 Å². The van der Waals surface area contributed by atoms with E-state index in [4.69, 9.17) is 17.3 Å². The molecule has 0 spiro atoms. The van der Waals surface area contributed by atoms with E-state index in [1.807, 2.05) is 6.07 Å². The Labute approximate surface area is 130 Å². The molecule has 0 saturated carbocycles. The second-order valence-corrected chi connectivity index (χ2v) is 6.85. The van der Waals surface area contributed by atoms with Gasteiger partial charge in [-0.25, -0.2) is 4.98 Å². The zero-order valence-corrected chi connectivity index (χ0v) is 13.8. The lowest BCUT2D eigenvalue weighted by Crippen LogP contribution is -1.94. The summed E-state index contributed by atoms with van der Waals surface area (Å²) in [5.41, 5.74) is 8.06. The lowest BCUT2D eigenvalue weighted by Gasteiger charge is -2.04. The molecule has 1 heterocycles. The van der Waals surface area contributed by atoms with E-state index in [0.29, 0.717) is 5.13 Å². The van der Waals surface area contributed by atoms with Gasteiger partial charge < -0.3 is 5.73 Å². The number of benzene rings is 1. The third kappa shape index (κ3) is 3.36. The van der Waals surface area contributed by atoms with Crippen LogP contribution in [-0.4, -0.2) is 4.98 Å². The topological polar surface area (TPSA) is 38.9 Å². The van der Waals surface area contributed by atoms with Crippen molar-refractivity contribution < 1.29 is 0 Å². The van der Waals surface area contributed by atoms with Crippen LogP contribution in [0.1, 0.15) is 29.5 Å². The summed E-state index contributed by atoms with van der Waals surface area (Å²) in [5, 5.41) is 1.46. The van der Waals surface area contributed by atoms with E-state index >= 15 is 0 Å². The summed E-state index contributed by atoms with van der Waals surface area (Å²) in [6.07, 6.45) is 2.88. The number of nitrogen functional groups attached to an aromatic ring is 1. The first kappa shape index (κ1) is 14.1. The Morgan fingerprint density at radius 1 is 1.44 bits per heavy atom. The summed E-state index contributed by atoms with van der Waals surface area (Å²) in [7, 11) is 0. The average molecular weight is 393 g/mol. The first-order valence-corrected chi connectivity index (χ1v) is 8.05. The molecule has 0 radical (unpaired) electrons. The van der Waals surface area contributed by atoms with E-state index in [-0.39, 0.29) is 0 Å². The Bertz CT molecular complexity index is 554. The monoisotopic (exact) mass is 392 g/mol. The first-order chi connectivity index (χ1) is 8.60. The molecular weight excluding hydrogens is 379 g/mol. The fraction of sp³-hybridized carbons (Fsp3) is 0.308. The van der Waals surface area contributed by atoms with Crippen LogP contribution in [0.4, 0.5) is 5.13 Å². The molecular formula is C13H14ClIN2S. The van der Waals surface area contributed by atoms with Gasteiger partial charge in [-0.1, -0.05) is 31.0 Å². The molecule has 0 saturated heterocycles. The maximum Gasteiger partial charge on any atom is 0.180 e. The smallest absolute Gasteiger partial charge is 0.180 e. The van der Waals surface area contributed by atoms with Crippen LogP contribution in [0.2, 0.25) is 5.02 Å². The normalized spacial score (nSPS) is 10.8. The number of halogens is 2. The Balaban J connectivity index is 2.27. The SMILES string of the molecule is CCCc1nc(N)sc1Cc1ccc(I)cc1Cl. The van der Waals surface area contributed by atoms with Crippen molar-refractivity contribution in [2.24, 2.45) is 0 Å². The van der Waals surface area contributed by atoms with Crippen molar-refractivity contribution in [1.29, 1.82) is 0 Å². The third-order valence-electron chi connectivity index (χ3n) is 2.65. The minimum absolute atomic E-state index is 0.648. The van der Waals surface area contributed by atoms with Crippen molar-refractivity contribution in [3.05, 3.63) is 42.9 Å². The molecule has 96 valence electrons. The zero-order valence-electron chi connectivity index (χ0n) is 10.0. The second-order valence-electron chi connectivity index (χ2n) is 4.08. The maximum absolute atomic E-state index is 6.26. The number of nitrogens with zero attached hydrogens (tertiary/aromatic N) is 1. The van der Waals surface area contributed by atoms with E-state index in [2.05, 4.69) is 46.6 Å². The molecule has 0 fully saturated rings. The number of anilines is 1. The summed E-state index contributed by atoms with van der Waals surface area (Å²) in [6, 6.07) is 6.14. The average Bonchev–Trinajstić information content (AvgIpc) is 2.64. The van der Waals surface area contributed by atoms with E-state index in [1.54, 1.807) is 11.3 Å². The van der Waals surface area contributed by atoms with Gasteiger partial charge in [-0.3, -0.25) is 0 Å². The molecule has 5 heteroatoms. The van der Waals surface area contributed by atoms with Crippen molar-refractivity contribution in [2.45, 2.75) is 26.2 Å². The minimum Gasteiger partial charge on any atom is -0.375 e. The van der Waals surface area contributed by atoms with E-state index in [9.17, 15) is 0 Å². The zero-order chi connectivity index (χ0) is 13.1. The molecule has 0 aliphatic heterocycles. The van der Waals surface area contributed by atoms with Gasteiger partial charge in [0.25, 0.3) is 0 Å². The van der Waals surface area contributed by atoms with Crippen LogP contribution in [0.15, 0.2) is 18.2 Å². The van der Waals surface area contributed by atoms with E-state index < -0.39 is 0 Å². The Hall–Kier alpha value is -0.330. The Morgan fingerprint density at radius 2 is 2.22 bits per heavy atom. The summed E-state index contributed by atoms with van der Waals surface area (Å²) in [4.78, 5) is 5.63. The number of rotatable bonds is 4. The second kappa shape index (κ2) is 6.21. The third-order valence-corrected chi connectivity index (χ3v) is 4.60. The standard InChI is InChI=1S/C13H14ClIN2S/c1-2-3-11-12(18-13(16)17-11)6-8-4-5-9(15)7-10(8)14/h4-5,7H,2-3,6H2,1H3,(H2,16,17).